The van der Waals surface area contributed by atoms with Crippen molar-refractivity contribution in [3.8, 4) is 0 Å². The number of urea groups is 1. The first-order chi connectivity index (χ1) is 13.4. The molecule has 1 heterocycles. The number of halogens is 2. The Kier molecular flexibility index (Phi) is 7.22. The number of hydrogen-bond acceptors (Lipinski definition) is 2. The van der Waals surface area contributed by atoms with E-state index in [1.807, 2.05) is 24.3 Å². The lowest BCUT2D eigenvalue weighted by Crippen LogP contribution is -2.36. The molecule has 2 aromatic rings. The number of rotatable bonds is 5. The van der Waals surface area contributed by atoms with Gasteiger partial charge in [-0.2, -0.15) is 0 Å². The van der Waals surface area contributed by atoms with Crippen LogP contribution in [-0.4, -0.2) is 31.1 Å². The molecule has 0 bridgehead atoms. The third kappa shape index (κ3) is 5.87. The minimum Gasteiger partial charge on any atom is -0.341 e. The third-order valence-corrected chi connectivity index (χ3v) is 5.62. The quantitative estimate of drug-likeness (QED) is 0.670. The molecule has 0 spiro atoms. The van der Waals surface area contributed by atoms with E-state index < -0.39 is 0 Å². The summed E-state index contributed by atoms with van der Waals surface area (Å²) < 4.78 is 0. The van der Waals surface area contributed by atoms with Crippen LogP contribution in [-0.2, 0) is 13.0 Å². The van der Waals surface area contributed by atoms with Gasteiger partial charge in [-0.15, -0.1) is 0 Å². The van der Waals surface area contributed by atoms with Crippen LogP contribution in [0.25, 0.3) is 0 Å². The number of nitrogens with one attached hydrogen (secondary N) is 2. The summed E-state index contributed by atoms with van der Waals surface area (Å²) in [5, 5.41) is 6.94. The zero-order chi connectivity index (χ0) is 20.1. The summed E-state index contributed by atoms with van der Waals surface area (Å²) in [6, 6.07) is 11.8. The highest BCUT2D eigenvalue weighted by Crippen LogP contribution is 2.27. The van der Waals surface area contributed by atoms with Crippen LogP contribution in [0.15, 0.2) is 36.4 Å². The molecule has 0 saturated carbocycles. The van der Waals surface area contributed by atoms with Gasteiger partial charge in [-0.25, -0.2) is 4.79 Å². The van der Waals surface area contributed by atoms with Crippen LogP contribution in [0.2, 0.25) is 10.0 Å². The average molecular weight is 420 g/mol. The van der Waals surface area contributed by atoms with Gasteiger partial charge in [0.15, 0.2) is 0 Å². The van der Waals surface area contributed by atoms with Gasteiger partial charge in [0.1, 0.15) is 0 Å². The predicted molar refractivity (Wildman–Crippen MR) is 117 cm³/mol. The summed E-state index contributed by atoms with van der Waals surface area (Å²) in [5.41, 5.74) is 4.41. The molecule has 0 aliphatic carbocycles. The lowest BCUT2D eigenvalue weighted by molar-refractivity contribution is 0.167. The van der Waals surface area contributed by atoms with Crippen LogP contribution in [0, 0.1) is 12.8 Å². The van der Waals surface area contributed by atoms with E-state index in [-0.39, 0.29) is 6.03 Å². The number of carbonyl (C=O) groups is 1. The van der Waals surface area contributed by atoms with Gasteiger partial charge in [0.05, 0.1) is 0 Å². The fourth-order valence-corrected chi connectivity index (χ4v) is 4.50. The maximum absolute atomic E-state index is 11.8. The molecule has 1 saturated heterocycles. The molecule has 2 aromatic carbocycles. The van der Waals surface area contributed by atoms with E-state index in [4.69, 9.17) is 23.2 Å². The molecular formula is C22H27Cl2N3O. The van der Waals surface area contributed by atoms with Gasteiger partial charge in [-0.1, -0.05) is 40.9 Å². The van der Waals surface area contributed by atoms with Crippen molar-refractivity contribution in [1.82, 2.24) is 10.2 Å². The Morgan fingerprint density at radius 3 is 2.64 bits per heavy atom. The SMILES string of the molecule is CNC(=O)Nc1ccc(C)cc1CN1CCCC(Cc2cc(Cl)cc(Cl)c2)C1. The monoisotopic (exact) mass is 419 g/mol. The minimum absolute atomic E-state index is 0.195. The molecule has 1 fully saturated rings. The molecular weight excluding hydrogens is 393 g/mol. The Hall–Kier alpha value is -1.75. The van der Waals surface area contributed by atoms with Crippen LogP contribution in [0.5, 0.6) is 0 Å². The largest absolute Gasteiger partial charge is 0.341 e. The number of carbonyl (C=O) groups excluding carboxylic acids is 1. The molecule has 6 heteroatoms. The van der Waals surface area contributed by atoms with Crippen LogP contribution in [0.4, 0.5) is 10.5 Å². The summed E-state index contributed by atoms with van der Waals surface area (Å²) in [6.45, 7) is 5.00. The van der Waals surface area contributed by atoms with Crippen LogP contribution < -0.4 is 10.6 Å². The molecule has 1 aliphatic rings. The normalized spacial score (nSPS) is 17.4. The van der Waals surface area contributed by atoms with E-state index in [0.29, 0.717) is 16.0 Å². The second kappa shape index (κ2) is 9.64. The van der Waals surface area contributed by atoms with Crippen molar-refractivity contribution < 1.29 is 4.79 Å². The maximum atomic E-state index is 11.8. The van der Waals surface area contributed by atoms with Gasteiger partial charge >= 0.3 is 6.03 Å². The first-order valence-electron chi connectivity index (χ1n) is 9.68. The van der Waals surface area contributed by atoms with Gasteiger partial charge < -0.3 is 10.6 Å². The Balaban J connectivity index is 1.68. The number of aryl methyl sites for hydroxylation is 1. The van der Waals surface area contributed by atoms with Crippen molar-refractivity contribution in [3.05, 3.63) is 63.1 Å². The van der Waals surface area contributed by atoms with Crippen LogP contribution in [0.1, 0.15) is 29.5 Å². The number of hydrogen-bond donors (Lipinski definition) is 2. The Morgan fingerprint density at radius 1 is 1.18 bits per heavy atom. The molecule has 1 aliphatic heterocycles. The number of benzene rings is 2. The van der Waals surface area contributed by atoms with Crippen molar-refractivity contribution in [2.75, 3.05) is 25.5 Å². The molecule has 2 N–H and O–H groups in total. The van der Waals surface area contributed by atoms with Crippen molar-refractivity contribution in [1.29, 1.82) is 0 Å². The number of piperidine rings is 1. The second-order valence-corrected chi connectivity index (χ2v) is 8.46. The van der Waals surface area contributed by atoms with E-state index in [1.54, 1.807) is 13.1 Å². The molecule has 1 unspecified atom stereocenters. The summed E-state index contributed by atoms with van der Waals surface area (Å²) in [6.07, 6.45) is 3.36. The van der Waals surface area contributed by atoms with Crippen LogP contribution in [0.3, 0.4) is 0 Å². The van der Waals surface area contributed by atoms with Gasteiger partial charge in [0.2, 0.25) is 0 Å². The van der Waals surface area contributed by atoms with E-state index >= 15 is 0 Å². The fraction of sp³-hybridized carbons (Fsp3) is 0.409. The van der Waals surface area contributed by atoms with E-state index in [9.17, 15) is 4.79 Å². The number of anilines is 1. The Labute approximate surface area is 177 Å². The zero-order valence-electron chi connectivity index (χ0n) is 16.4. The number of likely N-dealkylation sites (tertiary alicyclic amines) is 1. The third-order valence-electron chi connectivity index (χ3n) is 5.18. The highest BCUT2D eigenvalue weighted by atomic mass is 35.5. The average Bonchev–Trinajstić information content (AvgIpc) is 2.63. The van der Waals surface area contributed by atoms with Crippen LogP contribution >= 0.6 is 23.2 Å². The molecule has 0 radical (unpaired) electrons. The highest BCUT2D eigenvalue weighted by molar-refractivity contribution is 6.34. The molecule has 3 rings (SSSR count). The smallest absolute Gasteiger partial charge is 0.318 e. The van der Waals surface area contributed by atoms with Gasteiger partial charge in [0.25, 0.3) is 0 Å². The standard InChI is InChI=1S/C22H27Cl2N3O/c1-15-5-6-21(26-22(28)25-2)18(8-15)14-27-7-3-4-16(13-27)9-17-10-19(23)12-20(24)11-17/h5-6,8,10-12,16H,3-4,7,9,13-14H2,1-2H3,(H2,25,26,28). The second-order valence-electron chi connectivity index (χ2n) is 7.59. The molecule has 28 heavy (non-hydrogen) atoms. The minimum atomic E-state index is -0.195. The van der Waals surface area contributed by atoms with Crippen molar-refractivity contribution in [3.63, 3.8) is 0 Å². The molecule has 4 nitrogen and oxygen atoms in total. The van der Waals surface area contributed by atoms with Crippen molar-refractivity contribution >= 4 is 34.9 Å². The van der Waals surface area contributed by atoms with Crippen molar-refractivity contribution in [2.45, 2.75) is 32.7 Å². The molecule has 150 valence electrons. The summed E-state index contributed by atoms with van der Waals surface area (Å²) in [7, 11) is 1.63. The number of nitrogens with zero attached hydrogens (tertiary/aromatic N) is 1. The Morgan fingerprint density at radius 2 is 1.93 bits per heavy atom. The zero-order valence-corrected chi connectivity index (χ0v) is 17.9. The predicted octanol–water partition coefficient (Wildman–Crippen LogP) is 5.51. The topological polar surface area (TPSA) is 44.4 Å². The number of amides is 2. The van der Waals surface area contributed by atoms with E-state index in [1.165, 1.54) is 24.0 Å². The Bertz CT molecular complexity index is 820. The van der Waals surface area contributed by atoms with Gasteiger partial charge in [0, 0.05) is 35.9 Å². The molecule has 1 atom stereocenters. The van der Waals surface area contributed by atoms with E-state index in [0.717, 1.165) is 37.3 Å². The summed E-state index contributed by atoms with van der Waals surface area (Å²) in [5.74, 6) is 0.573. The molecule has 0 aromatic heterocycles. The van der Waals surface area contributed by atoms with Gasteiger partial charge in [-0.3, -0.25) is 4.90 Å². The first kappa shape index (κ1) is 21.0. The van der Waals surface area contributed by atoms with Gasteiger partial charge in [-0.05, 0) is 74.0 Å². The summed E-state index contributed by atoms with van der Waals surface area (Å²) in [4.78, 5) is 14.2. The maximum Gasteiger partial charge on any atom is 0.318 e. The highest BCUT2D eigenvalue weighted by Gasteiger charge is 2.21. The lowest BCUT2D eigenvalue weighted by Gasteiger charge is -2.33. The molecule has 2 amide bonds. The van der Waals surface area contributed by atoms with E-state index in [2.05, 4.69) is 28.5 Å². The fourth-order valence-electron chi connectivity index (χ4n) is 3.92. The first-order valence-corrected chi connectivity index (χ1v) is 10.4. The summed E-state index contributed by atoms with van der Waals surface area (Å²) >= 11 is 12.3. The lowest BCUT2D eigenvalue weighted by atomic mass is 9.91. The van der Waals surface area contributed by atoms with Crippen molar-refractivity contribution in [2.24, 2.45) is 5.92 Å².